The van der Waals surface area contributed by atoms with Crippen molar-refractivity contribution >= 4 is 12.8 Å². The molecule has 0 aromatic rings. The van der Waals surface area contributed by atoms with E-state index in [9.17, 15) is 0 Å². The van der Waals surface area contributed by atoms with Crippen LogP contribution in [0.15, 0.2) is 4.99 Å². The van der Waals surface area contributed by atoms with Crippen LogP contribution >= 0.6 is 0 Å². The lowest BCUT2D eigenvalue weighted by Crippen LogP contribution is -2.59. The van der Waals surface area contributed by atoms with E-state index in [2.05, 4.69) is 23.8 Å². The molecule has 0 spiro atoms. The van der Waals surface area contributed by atoms with Crippen molar-refractivity contribution in [3.63, 3.8) is 0 Å². The molecule has 3 nitrogen and oxygen atoms in total. The molecular formula is C29H50BN3. The van der Waals surface area contributed by atoms with Crippen molar-refractivity contribution in [1.82, 2.24) is 9.71 Å². The second-order valence-electron chi connectivity index (χ2n) is 13.5. The number of aliphatic imine (C=N–C) groups is 1. The minimum absolute atomic E-state index is 0.572. The number of guanidine groups is 1. The van der Waals surface area contributed by atoms with Crippen LogP contribution in [-0.2, 0) is 0 Å². The summed E-state index contributed by atoms with van der Waals surface area (Å²) in [5.41, 5.74) is 0. The molecular weight excluding hydrogens is 401 g/mol. The van der Waals surface area contributed by atoms with E-state index in [-0.39, 0.29) is 0 Å². The zero-order valence-electron chi connectivity index (χ0n) is 21.8. The quantitative estimate of drug-likeness (QED) is 0.249. The molecule has 6 rings (SSSR count). The van der Waals surface area contributed by atoms with Gasteiger partial charge in [0, 0.05) is 20.1 Å². The smallest absolute Gasteiger partial charge is 0.265 e. The number of rotatable bonds is 5. The molecule has 0 heterocycles. The first-order chi connectivity index (χ1) is 16.2. The van der Waals surface area contributed by atoms with Crippen molar-refractivity contribution in [2.24, 2.45) is 28.7 Å². The Morgan fingerprint density at radius 3 is 1.64 bits per heavy atom. The molecule has 6 saturated carbocycles. The van der Waals surface area contributed by atoms with E-state index < -0.39 is 0 Å². The molecule has 4 bridgehead atoms. The summed E-state index contributed by atoms with van der Waals surface area (Å²) in [7, 11) is 4.63. The van der Waals surface area contributed by atoms with Crippen molar-refractivity contribution in [2.45, 2.75) is 139 Å². The molecule has 0 radical (unpaired) electrons. The van der Waals surface area contributed by atoms with E-state index in [1.807, 2.05) is 0 Å². The van der Waals surface area contributed by atoms with Gasteiger partial charge in [0.05, 0.1) is 6.04 Å². The summed E-state index contributed by atoms with van der Waals surface area (Å²) < 4.78 is 0. The third-order valence-electron chi connectivity index (χ3n) is 11.3. The molecule has 184 valence electrons. The molecule has 0 aromatic carbocycles. The van der Waals surface area contributed by atoms with Gasteiger partial charge in [-0.15, -0.1) is 0 Å². The minimum Gasteiger partial charge on any atom is -0.383 e. The minimum atomic E-state index is 0.572. The first-order valence-corrected chi connectivity index (χ1v) is 15.2. The molecule has 0 amide bonds. The highest BCUT2D eigenvalue weighted by Gasteiger charge is 2.56. The first-order valence-electron chi connectivity index (χ1n) is 15.2. The van der Waals surface area contributed by atoms with E-state index >= 15 is 0 Å². The van der Waals surface area contributed by atoms with Crippen LogP contribution in [0.25, 0.3) is 0 Å². The Kier molecular flexibility index (Phi) is 6.74. The highest BCUT2D eigenvalue weighted by Crippen LogP contribution is 2.61. The lowest BCUT2D eigenvalue weighted by atomic mass is 9.36. The van der Waals surface area contributed by atoms with Crippen LogP contribution in [-0.4, -0.2) is 48.7 Å². The zero-order valence-corrected chi connectivity index (χ0v) is 21.8. The molecule has 33 heavy (non-hydrogen) atoms. The monoisotopic (exact) mass is 451 g/mol. The fourth-order valence-electron chi connectivity index (χ4n) is 9.84. The molecule has 0 unspecified atom stereocenters. The van der Waals surface area contributed by atoms with E-state index in [4.69, 9.17) is 4.99 Å². The van der Waals surface area contributed by atoms with Gasteiger partial charge in [0.25, 0.3) is 6.85 Å². The maximum absolute atomic E-state index is 5.67. The average molecular weight is 452 g/mol. The summed E-state index contributed by atoms with van der Waals surface area (Å²) in [4.78, 5) is 11.2. The van der Waals surface area contributed by atoms with Gasteiger partial charge in [0.15, 0.2) is 5.96 Å². The maximum Gasteiger partial charge on any atom is 0.265 e. The Labute approximate surface area is 204 Å². The van der Waals surface area contributed by atoms with Crippen LogP contribution in [0, 0.1) is 23.7 Å². The topological polar surface area (TPSA) is 18.8 Å². The summed E-state index contributed by atoms with van der Waals surface area (Å²) >= 11 is 0. The van der Waals surface area contributed by atoms with Gasteiger partial charge in [-0.1, -0.05) is 77.0 Å². The van der Waals surface area contributed by atoms with Gasteiger partial charge in [0.1, 0.15) is 0 Å². The molecule has 0 saturated heterocycles. The van der Waals surface area contributed by atoms with Crippen LogP contribution in [0.5, 0.6) is 0 Å². The largest absolute Gasteiger partial charge is 0.383 e. The first kappa shape index (κ1) is 22.8. The molecule has 6 aliphatic rings. The van der Waals surface area contributed by atoms with E-state index in [1.54, 1.807) is 12.8 Å². The van der Waals surface area contributed by atoms with Crippen molar-refractivity contribution in [2.75, 3.05) is 14.1 Å². The number of hydrogen-bond donors (Lipinski definition) is 0. The summed E-state index contributed by atoms with van der Waals surface area (Å²) in [6.07, 6.45) is 26.3. The molecule has 0 aliphatic heterocycles. The molecule has 6 atom stereocenters. The fourth-order valence-corrected chi connectivity index (χ4v) is 9.84. The van der Waals surface area contributed by atoms with Gasteiger partial charge in [-0.3, -0.25) is 4.99 Å². The second kappa shape index (κ2) is 9.77. The van der Waals surface area contributed by atoms with Gasteiger partial charge in [-0.25, -0.2) is 0 Å². The second-order valence-corrected chi connectivity index (χ2v) is 13.5. The van der Waals surface area contributed by atoms with E-state index in [0.717, 1.165) is 48.2 Å². The van der Waals surface area contributed by atoms with Gasteiger partial charge in [-0.05, 0) is 73.8 Å². The normalized spacial score (nSPS) is 39.4. The number of fused-ring (bicyclic) bond motifs is 4. The van der Waals surface area contributed by atoms with E-state index in [0.29, 0.717) is 6.04 Å². The SMILES string of the molecule is CN(C)C(=NC1CCCCC1)N(B([C@H]1C[C@@H]2CC[C@H]1C2)[C@H]1C[C@@H]2CC[C@H]1C2)C1CCCCC1. The zero-order chi connectivity index (χ0) is 22.4. The predicted octanol–water partition coefficient (Wildman–Crippen LogP) is 7.24. The third kappa shape index (κ3) is 4.51. The molecule has 0 N–H and O–H groups in total. The Morgan fingerprint density at radius 1 is 0.636 bits per heavy atom. The number of nitrogens with zero attached hydrogens (tertiary/aromatic N) is 3. The van der Waals surface area contributed by atoms with Gasteiger partial charge in [-0.2, -0.15) is 0 Å². The molecule has 0 aromatic heterocycles. The maximum atomic E-state index is 5.67. The lowest BCUT2D eigenvalue weighted by molar-refractivity contribution is 0.284. The highest BCUT2D eigenvalue weighted by atomic mass is 15.3. The van der Waals surface area contributed by atoms with Crippen LogP contribution in [0.1, 0.15) is 116 Å². The Bertz CT molecular complexity index is 667. The Balaban J connectivity index is 1.38. The summed E-state index contributed by atoms with van der Waals surface area (Å²) in [5.74, 6) is 7.44. The molecule has 6 fully saturated rings. The van der Waals surface area contributed by atoms with Crippen LogP contribution < -0.4 is 0 Å². The van der Waals surface area contributed by atoms with Crippen molar-refractivity contribution < 1.29 is 0 Å². The highest BCUT2D eigenvalue weighted by molar-refractivity contribution is 6.62. The van der Waals surface area contributed by atoms with Crippen LogP contribution in [0.3, 0.4) is 0 Å². The van der Waals surface area contributed by atoms with E-state index in [1.165, 1.54) is 109 Å². The third-order valence-corrected chi connectivity index (χ3v) is 11.3. The number of hydrogen-bond acceptors (Lipinski definition) is 1. The Morgan fingerprint density at radius 2 is 1.18 bits per heavy atom. The standard InChI is InChI=1S/C29H50BN3/c1-32(2)29(31-25-9-5-3-6-10-25)33(26-11-7-4-8-12-26)30(27-19-21-13-15-23(27)17-21)28-20-22-14-16-24(28)18-22/h21-28H,3-20H2,1-2H3/t21-,22-,23+,24+,27+,28+/m1/s1. The van der Waals surface area contributed by atoms with Gasteiger partial charge in [0.2, 0.25) is 0 Å². The fraction of sp³-hybridized carbons (Fsp3) is 0.966. The van der Waals surface area contributed by atoms with Crippen molar-refractivity contribution in [3.05, 3.63) is 0 Å². The van der Waals surface area contributed by atoms with Crippen molar-refractivity contribution in [1.29, 1.82) is 0 Å². The van der Waals surface area contributed by atoms with Gasteiger partial charge >= 0.3 is 0 Å². The van der Waals surface area contributed by atoms with Crippen LogP contribution in [0.2, 0.25) is 11.6 Å². The summed E-state index contributed by atoms with van der Waals surface area (Å²) in [5, 5.41) is 0. The average Bonchev–Trinajstić information content (AvgIpc) is 3.65. The molecule has 6 aliphatic carbocycles. The summed E-state index contributed by atoms with van der Waals surface area (Å²) in [6, 6.07) is 1.31. The molecule has 4 heteroatoms. The lowest BCUT2D eigenvalue weighted by Gasteiger charge is -2.49. The van der Waals surface area contributed by atoms with Gasteiger partial charge < -0.3 is 9.71 Å². The predicted molar refractivity (Wildman–Crippen MR) is 141 cm³/mol. The van der Waals surface area contributed by atoms with Crippen molar-refractivity contribution in [3.8, 4) is 0 Å². The Hall–Kier alpha value is -0.665. The van der Waals surface area contributed by atoms with Crippen LogP contribution in [0.4, 0.5) is 0 Å². The summed E-state index contributed by atoms with van der Waals surface area (Å²) in [6.45, 7) is 0.781.